The maximum absolute atomic E-state index is 11.8. The van der Waals surface area contributed by atoms with Crippen LogP contribution in [0.3, 0.4) is 0 Å². The third kappa shape index (κ3) is 2.44. The second-order valence-corrected chi connectivity index (χ2v) is 3.53. The third-order valence-corrected chi connectivity index (χ3v) is 2.24. The molecule has 88 valence electrons. The van der Waals surface area contributed by atoms with Crippen LogP contribution in [0, 0.1) is 0 Å². The lowest BCUT2D eigenvalue weighted by Gasteiger charge is -2.19. The van der Waals surface area contributed by atoms with E-state index >= 15 is 0 Å². The molecule has 0 bridgehead atoms. The molecule has 0 aromatic carbocycles. The van der Waals surface area contributed by atoms with Gasteiger partial charge in [0.1, 0.15) is 6.04 Å². The van der Waals surface area contributed by atoms with Gasteiger partial charge in [-0.25, -0.2) is 4.98 Å². The Kier molecular flexibility index (Phi) is 3.75. The molecule has 0 aliphatic heterocycles. The summed E-state index contributed by atoms with van der Waals surface area (Å²) in [5.41, 5.74) is 11.2. The first-order valence-corrected chi connectivity index (χ1v) is 4.71. The molecule has 1 aromatic heterocycles. The van der Waals surface area contributed by atoms with Crippen LogP contribution in [0.25, 0.3) is 0 Å². The lowest BCUT2D eigenvalue weighted by Crippen LogP contribution is -2.45. The minimum Gasteiger partial charge on any atom is -0.480 e. The lowest BCUT2D eigenvalue weighted by molar-refractivity contribution is -0.141. The molecule has 0 aliphatic carbocycles. The highest BCUT2D eigenvalue weighted by Crippen LogP contribution is 2.18. The summed E-state index contributed by atoms with van der Waals surface area (Å²) in [6, 6.07) is -2.13. The number of carboxylic acids is 1. The molecule has 0 saturated heterocycles. The summed E-state index contributed by atoms with van der Waals surface area (Å²) in [6.45, 7) is 1.48. The summed E-state index contributed by atoms with van der Waals surface area (Å²) < 4.78 is 0. The molecule has 0 amide bonds. The van der Waals surface area contributed by atoms with Crippen molar-refractivity contribution in [3.05, 3.63) is 18.2 Å². The number of aromatic amines is 1. The van der Waals surface area contributed by atoms with Crippen molar-refractivity contribution in [3.8, 4) is 0 Å². The molecule has 0 radical (unpaired) electrons. The van der Waals surface area contributed by atoms with Crippen molar-refractivity contribution in [2.75, 3.05) is 0 Å². The Bertz CT molecular complexity index is 374. The zero-order valence-electron chi connectivity index (χ0n) is 8.75. The summed E-state index contributed by atoms with van der Waals surface area (Å²) >= 11 is 0. The number of H-pyrrole nitrogens is 1. The molecular formula is C9H14N4O3. The van der Waals surface area contributed by atoms with Gasteiger partial charge in [-0.2, -0.15) is 0 Å². The summed E-state index contributed by atoms with van der Waals surface area (Å²) in [4.78, 5) is 29.1. The van der Waals surface area contributed by atoms with E-state index in [1.807, 2.05) is 0 Å². The fraction of sp³-hybridized carbons (Fsp3) is 0.444. The van der Waals surface area contributed by atoms with Crippen LogP contribution >= 0.6 is 0 Å². The van der Waals surface area contributed by atoms with Gasteiger partial charge in [-0.1, -0.05) is 0 Å². The van der Waals surface area contributed by atoms with Crippen molar-refractivity contribution in [3.63, 3.8) is 0 Å². The van der Waals surface area contributed by atoms with E-state index in [1.54, 1.807) is 0 Å². The third-order valence-electron chi connectivity index (χ3n) is 2.24. The van der Waals surface area contributed by atoms with Gasteiger partial charge in [0.05, 0.1) is 24.0 Å². The smallest absolute Gasteiger partial charge is 0.321 e. The topological polar surface area (TPSA) is 135 Å². The van der Waals surface area contributed by atoms with Crippen molar-refractivity contribution >= 4 is 11.8 Å². The van der Waals surface area contributed by atoms with Crippen molar-refractivity contribution < 1.29 is 14.7 Å². The summed E-state index contributed by atoms with van der Waals surface area (Å²) in [7, 11) is 0. The lowest BCUT2D eigenvalue weighted by atomic mass is 9.89. The van der Waals surface area contributed by atoms with Crippen LogP contribution in [0.15, 0.2) is 12.5 Å². The highest BCUT2D eigenvalue weighted by atomic mass is 16.4. The molecule has 0 saturated carbocycles. The maximum atomic E-state index is 11.8. The predicted octanol–water partition coefficient (Wildman–Crippen LogP) is -1.18. The van der Waals surface area contributed by atoms with E-state index < -0.39 is 29.8 Å². The molecule has 7 heteroatoms. The van der Waals surface area contributed by atoms with E-state index in [1.165, 1.54) is 19.4 Å². The van der Waals surface area contributed by atoms with Gasteiger partial charge in [0.25, 0.3) is 0 Å². The zero-order chi connectivity index (χ0) is 12.3. The second-order valence-electron chi connectivity index (χ2n) is 3.53. The number of Topliss-reactive ketones (excluding diaryl/α,β-unsaturated/α-hetero) is 1. The Morgan fingerprint density at radius 2 is 2.12 bits per heavy atom. The van der Waals surface area contributed by atoms with E-state index in [9.17, 15) is 9.59 Å². The summed E-state index contributed by atoms with van der Waals surface area (Å²) in [6.07, 6.45) is 2.79. The van der Waals surface area contributed by atoms with Gasteiger partial charge in [0.15, 0.2) is 5.78 Å². The number of imidazole rings is 1. The van der Waals surface area contributed by atoms with Gasteiger partial charge in [-0.15, -0.1) is 0 Å². The van der Waals surface area contributed by atoms with Crippen LogP contribution < -0.4 is 11.5 Å². The fourth-order valence-corrected chi connectivity index (χ4v) is 1.37. The number of hydrogen-bond donors (Lipinski definition) is 4. The Balaban J connectivity index is 3.04. The number of aromatic nitrogens is 2. The maximum Gasteiger partial charge on any atom is 0.321 e. The van der Waals surface area contributed by atoms with Gasteiger partial charge < -0.3 is 21.6 Å². The molecule has 3 unspecified atom stereocenters. The number of carbonyl (C=O) groups is 2. The number of ketones is 1. The van der Waals surface area contributed by atoms with Gasteiger partial charge in [0, 0.05) is 6.20 Å². The number of nitrogens with one attached hydrogen (secondary N) is 1. The molecule has 1 rings (SSSR count). The standard InChI is InChI=1S/C9H14N4O3/c1-4(10)8(14)6(7(11)9(15)16)5-2-12-3-13-5/h2-4,6-7H,10-11H2,1H3,(H,12,13)(H,15,16). The first kappa shape index (κ1) is 12.3. The number of carboxylic acid groups (broad SMARTS) is 1. The van der Waals surface area contributed by atoms with E-state index in [4.69, 9.17) is 16.6 Å². The molecule has 3 atom stereocenters. The summed E-state index contributed by atoms with van der Waals surface area (Å²) in [5, 5.41) is 8.83. The van der Waals surface area contributed by atoms with E-state index in [0.717, 1.165) is 0 Å². The monoisotopic (exact) mass is 226 g/mol. The molecule has 6 N–H and O–H groups in total. The van der Waals surface area contributed by atoms with Crippen LogP contribution in [-0.2, 0) is 9.59 Å². The molecule has 7 nitrogen and oxygen atoms in total. The number of hydrogen-bond acceptors (Lipinski definition) is 5. The largest absolute Gasteiger partial charge is 0.480 e. The average Bonchev–Trinajstić information content (AvgIpc) is 2.70. The number of aliphatic carboxylic acids is 1. The van der Waals surface area contributed by atoms with Crippen LogP contribution in [0.2, 0.25) is 0 Å². The second kappa shape index (κ2) is 4.86. The number of nitrogens with zero attached hydrogens (tertiary/aromatic N) is 1. The molecule has 1 aromatic rings. The van der Waals surface area contributed by atoms with Gasteiger partial charge in [-0.3, -0.25) is 9.59 Å². The van der Waals surface area contributed by atoms with E-state index in [-0.39, 0.29) is 5.69 Å². The van der Waals surface area contributed by atoms with Crippen LogP contribution in [0.1, 0.15) is 18.5 Å². The van der Waals surface area contributed by atoms with E-state index in [2.05, 4.69) is 9.97 Å². The molecule has 0 fully saturated rings. The Morgan fingerprint density at radius 1 is 1.50 bits per heavy atom. The van der Waals surface area contributed by atoms with Crippen molar-refractivity contribution in [1.29, 1.82) is 0 Å². The predicted molar refractivity (Wildman–Crippen MR) is 55.6 cm³/mol. The zero-order valence-corrected chi connectivity index (χ0v) is 8.75. The van der Waals surface area contributed by atoms with E-state index in [0.29, 0.717) is 0 Å². The van der Waals surface area contributed by atoms with Gasteiger partial charge in [0.2, 0.25) is 0 Å². The number of rotatable bonds is 5. The summed E-state index contributed by atoms with van der Waals surface area (Å²) in [5.74, 6) is -2.73. The van der Waals surface area contributed by atoms with Gasteiger partial charge in [-0.05, 0) is 6.92 Å². The number of carbonyl (C=O) groups excluding carboxylic acids is 1. The average molecular weight is 226 g/mol. The Morgan fingerprint density at radius 3 is 2.50 bits per heavy atom. The molecule has 1 heterocycles. The SMILES string of the molecule is CC(N)C(=O)C(c1c[nH]cn1)C(N)C(=O)O. The molecule has 16 heavy (non-hydrogen) atoms. The fourth-order valence-electron chi connectivity index (χ4n) is 1.37. The molecule has 0 spiro atoms. The van der Waals surface area contributed by atoms with Crippen molar-refractivity contribution in [2.24, 2.45) is 11.5 Å². The first-order valence-electron chi connectivity index (χ1n) is 4.71. The Labute approximate surface area is 91.8 Å². The minimum absolute atomic E-state index is 0.289. The number of nitrogens with two attached hydrogens (primary N) is 2. The van der Waals surface area contributed by atoms with Crippen LogP contribution in [0.5, 0.6) is 0 Å². The first-order chi connectivity index (χ1) is 7.45. The quantitative estimate of drug-likeness (QED) is 0.499. The van der Waals surface area contributed by atoms with Crippen LogP contribution in [-0.4, -0.2) is 38.9 Å². The van der Waals surface area contributed by atoms with Crippen molar-refractivity contribution in [2.45, 2.75) is 24.9 Å². The minimum atomic E-state index is -1.35. The highest BCUT2D eigenvalue weighted by molar-refractivity contribution is 5.94. The normalized spacial score (nSPS) is 16.4. The van der Waals surface area contributed by atoms with Crippen LogP contribution in [0.4, 0.5) is 0 Å². The van der Waals surface area contributed by atoms with Crippen molar-refractivity contribution in [1.82, 2.24) is 9.97 Å². The highest BCUT2D eigenvalue weighted by Gasteiger charge is 2.34. The molecule has 0 aliphatic rings. The molecular weight excluding hydrogens is 212 g/mol. The van der Waals surface area contributed by atoms with Gasteiger partial charge >= 0.3 is 5.97 Å². The Hall–Kier alpha value is -1.73.